The van der Waals surface area contributed by atoms with Crippen LogP contribution in [-0.4, -0.2) is 19.0 Å². The number of ketones is 1. The van der Waals surface area contributed by atoms with Crippen LogP contribution in [0.5, 0.6) is 11.5 Å². The van der Waals surface area contributed by atoms with Gasteiger partial charge in [-0.3, -0.25) is 4.79 Å². The minimum Gasteiger partial charge on any atom is -0.490 e. The fourth-order valence-electron chi connectivity index (χ4n) is 2.34. The zero-order chi connectivity index (χ0) is 14.8. The predicted molar refractivity (Wildman–Crippen MR) is 76.6 cm³/mol. The summed E-state index contributed by atoms with van der Waals surface area (Å²) in [7, 11) is 0. The van der Waals surface area contributed by atoms with Crippen LogP contribution in [0.4, 0.5) is 4.39 Å². The van der Waals surface area contributed by atoms with Gasteiger partial charge in [0.1, 0.15) is 5.82 Å². The summed E-state index contributed by atoms with van der Waals surface area (Å²) in [4.78, 5) is 12.5. The van der Waals surface area contributed by atoms with Crippen LogP contribution >= 0.6 is 0 Å². The molecule has 0 spiro atoms. The maximum atomic E-state index is 13.4. The van der Waals surface area contributed by atoms with Gasteiger partial charge in [0.05, 0.1) is 13.2 Å². The minimum absolute atomic E-state index is 0.228. The minimum atomic E-state index is -0.410. The number of carbonyl (C=O) groups is 1. The van der Waals surface area contributed by atoms with Gasteiger partial charge in [-0.1, -0.05) is 0 Å². The Balaban J connectivity index is 1.96. The summed E-state index contributed by atoms with van der Waals surface area (Å²) in [6, 6.07) is 9.37. The largest absolute Gasteiger partial charge is 0.490 e. The average molecular weight is 286 g/mol. The van der Waals surface area contributed by atoms with Crippen molar-refractivity contribution in [3.8, 4) is 11.5 Å². The Bertz CT molecular complexity index is 674. The molecule has 108 valence electrons. The Morgan fingerprint density at radius 1 is 1.00 bits per heavy atom. The molecule has 1 heterocycles. The topological polar surface area (TPSA) is 35.5 Å². The van der Waals surface area contributed by atoms with Crippen molar-refractivity contribution < 1.29 is 18.7 Å². The summed E-state index contributed by atoms with van der Waals surface area (Å²) in [5.41, 5.74) is 1.51. The fourth-order valence-corrected chi connectivity index (χ4v) is 2.34. The van der Waals surface area contributed by atoms with Gasteiger partial charge in [-0.15, -0.1) is 0 Å². The van der Waals surface area contributed by atoms with Gasteiger partial charge in [0.2, 0.25) is 0 Å². The summed E-state index contributed by atoms with van der Waals surface area (Å²) in [6.07, 6.45) is 0.807. The molecular formula is C17H15FO3. The number of hydrogen-bond donors (Lipinski definition) is 0. The lowest BCUT2D eigenvalue weighted by Crippen LogP contribution is -2.03. The molecule has 0 saturated carbocycles. The number of halogens is 1. The Morgan fingerprint density at radius 2 is 1.76 bits per heavy atom. The third kappa shape index (κ3) is 2.89. The van der Waals surface area contributed by atoms with E-state index in [-0.39, 0.29) is 5.78 Å². The van der Waals surface area contributed by atoms with E-state index in [4.69, 9.17) is 9.47 Å². The third-order valence-electron chi connectivity index (χ3n) is 3.31. The maximum absolute atomic E-state index is 13.4. The standard InChI is InChI=1S/C17H15FO3/c1-11-7-13(9-14(18)8-11)17(19)12-3-4-15-16(10-12)21-6-2-5-20-15/h3-4,7-10H,2,5-6H2,1H3. The highest BCUT2D eigenvalue weighted by molar-refractivity contribution is 6.09. The molecule has 0 saturated heterocycles. The predicted octanol–water partition coefficient (Wildman–Crippen LogP) is 3.53. The fraction of sp³-hybridized carbons (Fsp3) is 0.235. The van der Waals surface area contributed by atoms with Crippen LogP contribution in [0.15, 0.2) is 36.4 Å². The van der Waals surface area contributed by atoms with Crippen LogP contribution in [-0.2, 0) is 0 Å². The molecule has 0 fully saturated rings. The second-order valence-electron chi connectivity index (χ2n) is 5.06. The van der Waals surface area contributed by atoms with Gasteiger partial charge in [-0.25, -0.2) is 4.39 Å². The Labute approximate surface area is 122 Å². The van der Waals surface area contributed by atoms with Gasteiger partial charge in [-0.2, -0.15) is 0 Å². The van der Waals surface area contributed by atoms with Crippen molar-refractivity contribution in [2.45, 2.75) is 13.3 Å². The highest BCUT2D eigenvalue weighted by Crippen LogP contribution is 2.31. The number of rotatable bonds is 2. The zero-order valence-corrected chi connectivity index (χ0v) is 11.7. The lowest BCUT2D eigenvalue weighted by molar-refractivity contribution is 0.103. The van der Waals surface area contributed by atoms with Gasteiger partial charge in [0.25, 0.3) is 0 Å². The van der Waals surface area contributed by atoms with Crippen molar-refractivity contribution in [3.05, 3.63) is 58.9 Å². The second-order valence-corrected chi connectivity index (χ2v) is 5.06. The first kappa shape index (κ1) is 13.6. The zero-order valence-electron chi connectivity index (χ0n) is 11.7. The molecule has 0 bridgehead atoms. The van der Waals surface area contributed by atoms with E-state index < -0.39 is 5.82 Å². The summed E-state index contributed by atoms with van der Waals surface area (Å²) in [5, 5.41) is 0. The molecule has 3 nitrogen and oxygen atoms in total. The SMILES string of the molecule is Cc1cc(F)cc(C(=O)c2ccc3c(c2)OCCCO3)c1. The Hall–Kier alpha value is -2.36. The van der Waals surface area contributed by atoms with Gasteiger partial charge >= 0.3 is 0 Å². The van der Waals surface area contributed by atoms with Crippen molar-refractivity contribution in [2.75, 3.05) is 13.2 Å². The number of ether oxygens (including phenoxy) is 2. The number of aryl methyl sites for hydroxylation is 1. The molecule has 0 unspecified atom stereocenters. The van der Waals surface area contributed by atoms with E-state index in [0.717, 1.165) is 6.42 Å². The first-order valence-electron chi connectivity index (χ1n) is 6.85. The molecule has 4 heteroatoms. The van der Waals surface area contributed by atoms with E-state index >= 15 is 0 Å². The van der Waals surface area contributed by atoms with E-state index in [9.17, 15) is 9.18 Å². The quantitative estimate of drug-likeness (QED) is 0.792. The first-order valence-corrected chi connectivity index (χ1v) is 6.85. The first-order chi connectivity index (χ1) is 10.1. The van der Waals surface area contributed by atoms with Gasteiger partial charge in [0, 0.05) is 17.5 Å². The molecule has 21 heavy (non-hydrogen) atoms. The van der Waals surface area contributed by atoms with Gasteiger partial charge in [-0.05, 0) is 48.9 Å². The number of benzene rings is 2. The molecular weight excluding hydrogens is 271 g/mol. The van der Waals surface area contributed by atoms with Crippen molar-refractivity contribution in [1.82, 2.24) is 0 Å². The van der Waals surface area contributed by atoms with Crippen molar-refractivity contribution in [3.63, 3.8) is 0 Å². The molecule has 0 atom stereocenters. The molecule has 1 aliphatic rings. The van der Waals surface area contributed by atoms with Gasteiger partial charge < -0.3 is 9.47 Å². The molecule has 0 N–H and O–H groups in total. The summed E-state index contributed by atoms with van der Waals surface area (Å²) < 4.78 is 24.5. The summed E-state index contributed by atoms with van der Waals surface area (Å²) in [5.74, 6) is 0.562. The van der Waals surface area contributed by atoms with Crippen LogP contribution < -0.4 is 9.47 Å². The molecule has 0 aromatic heterocycles. The summed E-state index contributed by atoms with van der Waals surface area (Å²) >= 11 is 0. The molecule has 2 aromatic carbocycles. The normalized spacial score (nSPS) is 13.6. The van der Waals surface area contributed by atoms with Crippen molar-refractivity contribution in [2.24, 2.45) is 0 Å². The molecule has 1 aliphatic heterocycles. The highest BCUT2D eigenvalue weighted by Gasteiger charge is 2.16. The smallest absolute Gasteiger partial charge is 0.193 e. The monoisotopic (exact) mass is 286 g/mol. The lowest BCUT2D eigenvalue weighted by Gasteiger charge is -2.09. The number of carbonyl (C=O) groups excluding carboxylic acids is 1. The van der Waals surface area contributed by atoms with Crippen molar-refractivity contribution >= 4 is 5.78 Å². The second kappa shape index (κ2) is 5.56. The van der Waals surface area contributed by atoms with Crippen LogP contribution in [0.1, 0.15) is 27.9 Å². The van der Waals surface area contributed by atoms with E-state index in [1.807, 2.05) is 0 Å². The summed E-state index contributed by atoms with van der Waals surface area (Å²) in [6.45, 7) is 2.92. The molecule has 0 radical (unpaired) electrons. The van der Waals surface area contributed by atoms with Gasteiger partial charge in [0.15, 0.2) is 17.3 Å². The van der Waals surface area contributed by atoms with Crippen LogP contribution in [0, 0.1) is 12.7 Å². The van der Waals surface area contributed by atoms with Crippen molar-refractivity contribution in [1.29, 1.82) is 0 Å². The Kier molecular flexibility index (Phi) is 3.60. The van der Waals surface area contributed by atoms with Crippen LogP contribution in [0.3, 0.4) is 0 Å². The lowest BCUT2D eigenvalue weighted by atomic mass is 10.0. The average Bonchev–Trinajstić information content (AvgIpc) is 2.69. The molecule has 0 aliphatic carbocycles. The van der Waals surface area contributed by atoms with E-state index in [1.165, 1.54) is 12.1 Å². The van der Waals surface area contributed by atoms with Crippen LogP contribution in [0.2, 0.25) is 0 Å². The number of fused-ring (bicyclic) bond motifs is 1. The van der Waals surface area contributed by atoms with E-state index in [1.54, 1.807) is 31.2 Å². The molecule has 0 amide bonds. The van der Waals surface area contributed by atoms with E-state index in [0.29, 0.717) is 41.4 Å². The Morgan fingerprint density at radius 3 is 2.52 bits per heavy atom. The molecule has 2 aromatic rings. The maximum Gasteiger partial charge on any atom is 0.193 e. The highest BCUT2D eigenvalue weighted by atomic mass is 19.1. The van der Waals surface area contributed by atoms with Crippen LogP contribution in [0.25, 0.3) is 0 Å². The molecule has 3 rings (SSSR count). The number of hydrogen-bond acceptors (Lipinski definition) is 3. The third-order valence-corrected chi connectivity index (χ3v) is 3.31. The van der Waals surface area contributed by atoms with E-state index in [2.05, 4.69) is 0 Å².